The van der Waals surface area contributed by atoms with Crippen LogP contribution in [0.2, 0.25) is 0 Å². The van der Waals surface area contributed by atoms with Crippen molar-refractivity contribution < 1.29 is 14.6 Å². The van der Waals surface area contributed by atoms with E-state index in [0.29, 0.717) is 11.6 Å². The number of aromatic nitrogens is 2. The molecule has 2 aromatic rings. The molecule has 21 heavy (non-hydrogen) atoms. The maximum absolute atomic E-state index is 11.5. The van der Waals surface area contributed by atoms with Crippen molar-refractivity contribution in [2.24, 2.45) is 0 Å². The van der Waals surface area contributed by atoms with Gasteiger partial charge in [0.15, 0.2) is 0 Å². The molecule has 0 atom stereocenters. The van der Waals surface area contributed by atoms with Crippen LogP contribution in [-0.2, 0) is 17.8 Å². The van der Waals surface area contributed by atoms with E-state index in [2.05, 4.69) is 9.97 Å². The fourth-order valence-electron chi connectivity index (χ4n) is 1.98. The normalized spacial score (nSPS) is 10.4. The Morgan fingerprint density at radius 3 is 2.76 bits per heavy atom. The Morgan fingerprint density at radius 1 is 1.33 bits per heavy atom. The highest BCUT2D eigenvalue weighted by Crippen LogP contribution is 2.19. The van der Waals surface area contributed by atoms with Gasteiger partial charge in [0.25, 0.3) is 5.56 Å². The van der Waals surface area contributed by atoms with Crippen LogP contribution in [0.25, 0.3) is 0 Å². The smallest absolute Gasteiger partial charge is 0.309 e. The summed E-state index contributed by atoms with van der Waals surface area (Å²) in [7, 11) is 0. The number of rotatable bonds is 5. The van der Waals surface area contributed by atoms with E-state index in [9.17, 15) is 9.59 Å². The lowest BCUT2D eigenvalue weighted by Gasteiger charge is -2.09. The number of H-pyrrole nitrogens is 1. The number of nitrogens with one attached hydrogen (secondary N) is 1. The maximum Gasteiger partial charge on any atom is 0.309 e. The van der Waals surface area contributed by atoms with Gasteiger partial charge in [-0.15, -0.1) is 0 Å². The molecule has 2 rings (SSSR count). The van der Waals surface area contributed by atoms with E-state index in [4.69, 9.17) is 9.84 Å². The predicted octanol–water partition coefficient (Wildman–Crippen LogP) is 1.59. The van der Waals surface area contributed by atoms with E-state index < -0.39 is 5.97 Å². The lowest BCUT2D eigenvalue weighted by atomic mass is 10.1. The molecule has 0 saturated carbocycles. The summed E-state index contributed by atoms with van der Waals surface area (Å²) in [6, 6.07) is 6.95. The standard InChI is InChI=1S/C15H16N2O4/c1-9-3-4-12(10(2)5-9)21-8-13-16-11(7-15(19)20)6-14(18)17-13/h3-6H,7-8H2,1-2H3,(H,19,20)(H,16,17,18). The third-order valence-electron chi connectivity index (χ3n) is 2.87. The minimum absolute atomic E-state index is 0.0760. The van der Waals surface area contributed by atoms with Gasteiger partial charge < -0.3 is 14.8 Å². The fraction of sp³-hybridized carbons (Fsp3) is 0.267. The largest absolute Gasteiger partial charge is 0.485 e. The van der Waals surface area contributed by atoms with Gasteiger partial charge in [-0.1, -0.05) is 17.7 Å². The maximum atomic E-state index is 11.5. The van der Waals surface area contributed by atoms with Gasteiger partial charge in [-0.2, -0.15) is 0 Å². The zero-order chi connectivity index (χ0) is 15.4. The monoisotopic (exact) mass is 288 g/mol. The molecule has 0 amide bonds. The SMILES string of the molecule is Cc1ccc(OCc2nc(CC(=O)O)cc(=O)[nH]2)c(C)c1. The van der Waals surface area contributed by atoms with Crippen LogP contribution in [0.5, 0.6) is 5.75 Å². The van der Waals surface area contributed by atoms with Crippen molar-refractivity contribution in [3.05, 3.63) is 57.3 Å². The zero-order valence-corrected chi connectivity index (χ0v) is 11.8. The first-order valence-electron chi connectivity index (χ1n) is 6.45. The van der Waals surface area contributed by atoms with Gasteiger partial charge >= 0.3 is 5.97 Å². The average Bonchev–Trinajstić information content (AvgIpc) is 2.36. The van der Waals surface area contributed by atoms with Crippen LogP contribution in [-0.4, -0.2) is 21.0 Å². The van der Waals surface area contributed by atoms with Crippen LogP contribution in [0.3, 0.4) is 0 Å². The number of carboxylic acid groups (broad SMARTS) is 1. The first kappa shape index (κ1) is 14.8. The summed E-state index contributed by atoms with van der Waals surface area (Å²) in [5, 5.41) is 8.74. The Morgan fingerprint density at radius 2 is 2.10 bits per heavy atom. The van der Waals surface area contributed by atoms with Crippen LogP contribution >= 0.6 is 0 Å². The second kappa shape index (κ2) is 6.21. The van der Waals surface area contributed by atoms with Crippen molar-refractivity contribution in [3.63, 3.8) is 0 Å². The molecule has 0 aliphatic heterocycles. The molecule has 0 aliphatic carbocycles. The number of aryl methyl sites for hydroxylation is 2. The zero-order valence-electron chi connectivity index (χ0n) is 11.8. The number of hydrogen-bond acceptors (Lipinski definition) is 4. The van der Waals surface area contributed by atoms with Crippen molar-refractivity contribution >= 4 is 5.97 Å². The molecule has 0 spiro atoms. The van der Waals surface area contributed by atoms with E-state index >= 15 is 0 Å². The Hall–Kier alpha value is -2.63. The fourth-order valence-corrected chi connectivity index (χ4v) is 1.98. The van der Waals surface area contributed by atoms with Gasteiger partial charge in [0.1, 0.15) is 18.2 Å². The lowest BCUT2D eigenvalue weighted by molar-refractivity contribution is -0.136. The van der Waals surface area contributed by atoms with Gasteiger partial charge in [0.05, 0.1) is 12.1 Å². The number of carbonyl (C=O) groups is 1. The minimum Gasteiger partial charge on any atom is -0.485 e. The molecule has 1 aromatic heterocycles. The highest BCUT2D eigenvalue weighted by Gasteiger charge is 2.07. The van der Waals surface area contributed by atoms with Gasteiger partial charge in [-0.05, 0) is 25.5 Å². The molecular formula is C15H16N2O4. The van der Waals surface area contributed by atoms with Crippen molar-refractivity contribution in [3.8, 4) is 5.75 Å². The molecule has 0 radical (unpaired) electrons. The summed E-state index contributed by atoms with van der Waals surface area (Å²) >= 11 is 0. The molecular weight excluding hydrogens is 272 g/mol. The number of aromatic amines is 1. The van der Waals surface area contributed by atoms with Gasteiger partial charge in [-0.3, -0.25) is 9.59 Å². The van der Waals surface area contributed by atoms with Crippen LogP contribution < -0.4 is 10.3 Å². The van der Waals surface area contributed by atoms with Crippen LogP contribution in [0, 0.1) is 13.8 Å². The van der Waals surface area contributed by atoms with E-state index in [1.165, 1.54) is 6.07 Å². The summed E-state index contributed by atoms with van der Waals surface area (Å²) in [4.78, 5) is 28.7. The molecule has 0 unspecified atom stereocenters. The molecule has 1 heterocycles. The molecule has 6 heteroatoms. The van der Waals surface area contributed by atoms with Crippen LogP contribution in [0.15, 0.2) is 29.1 Å². The summed E-state index contributed by atoms with van der Waals surface area (Å²) in [6.07, 6.45) is -0.291. The average molecular weight is 288 g/mol. The van der Waals surface area contributed by atoms with Crippen molar-refractivity contribution in [1.29, 1.82) is 0 Å². The van der Waals surface area contributed by atoms with Crippen molar-refractivity contribution in [2.75, 3.05) is 0 Å². The quantitative estimate of drug-likeness (QED) is 0.871. The number of hydrogen-bond donors (Lipinski definition) is 2. The molecule has 110 valence electrons. The van der Waals surface area contributed by atoms with E-state index in [1.807, 2.05) is 32.0 Å². The van der Waals surface area contributed by atoms with Crippen LogP contribution in [0.4, 0.5) is 0 Å². The highest BCUT2D eigenvalue weighted by atomic mass is 16.5. The Kier molecular flexibility index (Phi) is 4.37. The summed E-state index contributed by atoms with van der Waals surface area (Å²) in [5.74, 6) is -0.0278. The molecule has 6 nitrogen and oxygen atoms in total. The molecule has 2 N–H and O–H groups in total. The number of aliphatic carboxylic acids is 1. The van der Waals surface area contributed by atoms with Gasteiger partial charge in [0, 0.05) is 6.07 Å². The van der Waals surface area contributed by atoms with Crippen molar-refractivity contribution in [1.82, 2.24) is 9.97 Å². The first-order chi connectivity index (χ1) is 9.94. The number of nitrogens with zero attached hydrogens (tertiary/aromatic N) is 1. The van der Waals surface area contributed by atoms with E-state index in [0.717, 1.165) is 11.1 Å². The topological polar surface area (TPSA) is 92.3 Å². The lowest BCUT2D eigenvalue weighted by Crippen LogP contribution is -2.16. The molecule has 0 fully saturated rings. The van der Waals surface area contributed by atoms with Gasteiger partial charge in [-0.25, -0.2) is 4.98 Å². The molecule has 0 aliphatic rings. The van der Waals surface area contributed by atoms with Crippen LogP contribution in [0.1, 0.15) is 22.6 Å². The number of carboxylic acids is 1. The summed E-state index contributed by atoms with van der Waals surface area (Å²) in [6.45, 7) is 4.00. The molecule has 0 bridgehead atoms. The number of benzene rings is 1. The summed E-state index contributed by atoms with van der Waals surface area (Å²) < 4.78 is 5.61. The predicted molar refractivity (Wildman–Crippen MR) is 76.4 cm³/mol. The third kappa shape index (κ3) is 4.17. The number of ether oxygens (including phenoxy) is 1. The Balaban J connectivity index is 2.14. The second-order valence-corrected chi connectivity index (χ2v) is 4.81. The van der Waals surface area contributed by atoms with E-state index in [-0.39, 0.29) is 24.3 Å². The third-order valence-corrected chi connectivity index (χ3v) is 2.87. The summed E-state index contributed by atoms with van der Waals surface area (Å²) in [5.41, 5.74) is 1.94. The van der Waals surface area contributed by atoms with Gasteiger partial charge in [0.2, 0.25) is 0 Å². The Bertz CT molecular complexity index is 722. The highest BCUT2D eigenvalue weighted by molar-refractivity contribution is 5.69. The Labute approximate surface area is 121 Å². The van der Waals surface area contributed by atoms with Crippen molar-refractivity contribution in [2.45, 2.75) is 26.9 Å². The molecule has 1 aromatic carbocycles. The minimum atomic E-state index is -1.03. The second-order valence-electron chi connectivity index (χ2n) is 4.81. The van der Waals surface area contributed by atoms with E-state index in [1.54, 1.807) is 0 Å². The molecule has 0 saturated heterocycles. The first-order valence-corrected chi connectivity index (χ1v) is 6.45.